The molecule has 1 heterocycles. The smallest absolute Gasteiger partial charge is 0.253 e. The summed E-state index contributed by atoms with van der Waals surface area (Å²) in [6, 6.07) is 6.23. The maximum absolute atomic E-state index is 12.6. The van der Waals surface area contributed by atoms with Crippen LogP contribution in [0.1, 0.15) is 43.0 Å². The topological polar surface area (TPSA) is 75.7 Å². The molecule has 1 aromatic carbocycles. The predicted molar refractivity (Wildman–Crippen MR) is 90.3 cm³/mol. The van der Waals surface area contributed by atoms with Gasteiger partial charge in [0, 0.05) is 31.3 Å². The molecule has 24 heavy (non-hydrogen) atoms. The Hall–Kier alpha value is -1.44. The van der Waals surface area contributed by atoms with Gasteiger partial charge in [0.2, 0.25) is 10.0 Å². The summed E-state index contributed by atoms with van der Waals surface area (Å²) in [6.45, 7) is 3.88. The zero-order chi connectivity index (χ0) is 17.2. The number of carbonyl (C=O) groups is 1. The number of hydrogen-bond acceptors (Lipinski definition) is 4. The monoisotopic (exact) mass is 352 g/mol. The maximum Gasteiger partial charge on any atom is 0.253 e. The number of amides is 1. The van der Waals surface area contributed by atoms with Gasteiger partial charge in [0.15, 0.2) is 0 Å². The van der Waals surface area contributed by atoms with Crippen LogP contribution in [-0.4, -0.2) is 51.1 Å². The van der Waals surface area contributed by atoms with Crippen LogP contribution in [0.3, 0.4) is 0 Å². The van der Waals surface area contributed by atoms with Gasteiger partial charge in [0.1, 0.15) is 0 Å². The van der Waals surface area contributed by atoms with Gasteiger partial charge in [-0.2, -0.15) is 0 Å². The number of carbonyl (C=O) groups excluding carboxylic acids is 1. The van der Waals surface area contributed by atoms with Crippen molar-refractivity contribution in [1.82, 2.24) is 9.62 Å². The Bertz CT molecular complexity index is 677. The van der Waals surface area contributed by atoms with Crippen LogP contribution < -0.4 is 4.72 Å². The first kappa shape index (κ1) is 17.4. The lowest BCUT2D eigenvalue weighted by Gasteiger charge is -2.24. The van der Waals surface area contributed by atoms with Crippen molar-refractivity contribution in [2.45, 2.75) is 49.6 Å². The molecule has 1 aliphatic carbocycles. The second-order valence-corrected chi connectivity index (χ2v) is 8.11. The van der Waals surface area contributed by atoms with Crippen molar-refractivity contribution in [2.75, 3.05) is 19.7 Å². The molecular weight excluding hydrogens is 328 g/mol. The van der Waals surface area contributed by atoms with Crippen LogP contribution in [0.5, 0.6) is 0 Å². The van der Waals surface area contributed by atoms with Crippen molar-refractivity contribution >= 4 is 15.9 Å². The number of rotatable bonds is 7. The molecule has 0 radical (unpaired) electrons. The van der Waals surface area contributed by atoms with Gasteiger partial charge in [-0.05, 0) is 56.9 Å². The molecular formula is C17H24N2O4S. The summed E-state index contributed by atoms with van der Waals surface area (Å²) in [5.41, 5.74) is 0.500. The molecule has 1 amide bonds. The average Bonchev–Trinajstić information content (AvgIpc) is 3.23. The van der Waals surface area contributed by atoms with E-state index in [-0.39, 0.29) is 22.9 Å². The molecule has 1 saturated carbocycles. The molecule has 3 rings (SSSR count). The van der Waals surface area contributed by atoms with Gasteiger partial charge in [0.05, 0.1) is 11.0 Å². The van der Waals surface area contributed by atoms with E-state index >= 15 is 0 Å². The summed E-state index contributed by atoms with van der Waals surface area (Å²) >= 11 is 0. The van der Waals surface area contributed by atoms with E-state index < -0.39 is 10.0 Å². The van der Waals surface area contributed by atoms with Gasteiger partial charge < -0.3 is 9.64 Å². The number of likely N-dealkylation sites (N-methyl/N-ethyl adjacent to an activating group) is 1. The normalized spacial score (nSPS) is 21.0. The van der Waals surface area contributed by atoms with Gasteiger partial charge in [-0.25, -0.2) is 13.1 Å². The first-order chi connectivity index (χ1) is 11.5. The number of nitrogens with one attached hydrogen (secondary N) is 1. The minimum absolute atomic E-state index is 0.0679. The van der Waals surface area contributed by atoms with E-state index in [4.69, 9.17) is 4.74 Å². The van der Waals surface area contributed by atoms with Gasteiger partial charge in [-0.1, -0.05) is 0 Å². The SMILES string of the molecule is CCN(CC1CCCO1)C(=O)c1ccc(S(=O)(=O)NC2CC2)cc1. The molecule has 2 aliphatic rings. The van der Waals surface area contributed by atoms with Crippen LogP contribution in [0.2, 0.25) is 0 Å². The first-order valence-electron chi connectivity index (χ1n) is 8.53. The standard InChI is InChI=1S/C17H24N2O4S/c1-2-19(12-15-4-3-11-23-15)17(20)13-5-9-16(10-6-13)24(21,22)18-14-7-8-14/h5-6,9-10,14-15,18H,2-4,7-8,11-12H2,1H3. The molecule has 2 fully saturated rings. The Kier molecular flexibility index (Phi) is 5.22. The van der Waals surface area contributed by atoms with Crippen molar-refractivity contribution in [3.05, 3.63) is 29.8 Å². The lowest BCUT2D eigenvalue weighted by Crippen LogP contribution is -2.37. The van der Waals surface area contributed by atoms with Crippen LogP contribution in [0.4, 0.5) is 0 Å². The molecule has 1 aliphatic heterocycles. The summed E-state index contributed by atoms with van der Waals surface area (Å²) in [5, 5.41) is 0. The Morgan fingerprint density at radius 1 is 1.25 bits per heavy atom. The third-order valence-corrected chi connectivity index (χ3v) is 5.96. The van der Waals surface area contributed by atoms with E-state index in [9.17, 15) is 13.2 Å². The predicted octanol–water partition coefficient (Wildman–Crippen LogP) is 1.77. The minimum Gasteiger partial charge on any atom is -0.376 e. The van der Waals surface area contributed by atoms with Gasteiger partial charge in [0.25, 0.3) is 5.91 Å². The molecule has 0 aromatic heterocycles. The molecule has 7 heteroatoms. The molecule has 132 valence electrons. The quantitative estimate of drug-likeness (QED) is 0.811. The van der Waals surface area contributed by atoms with Crippen molar-refractivity contribution in [2.24, 2.45) is 0 Å². The van der Waals surface area contributed by atoms with Crippen molar-refractivity contribution < 1.29 is 17.9 Å². The molecule has 1 N–H and O–H groups in total. The molecule has 1 unspecified atom stereocenters. The number of benzene rings is 1. The Morgan fingerprint density at radius 2 is 1.96 bits per heavy atom. The summed E-state index contributed by atoms with van der Waals surface area (Å²) in [7, 11) is -3.48. The number of hydrogen-bond donors (Lipinski definition) is 1. The van der Waals surface area contributed by atoms with E-state index in [2.05, 4.69) is 4.72 Å². The highest BCUT2D eigenvalue weighted by atomic mass is 32.2. The van der Waals surface area contributed by atoms with Gasteiger partial charge in [-0.15, -0.1) is 0 Å². The van der Waals surface area contributed by atoms with E-state index in [0.717, 1.165) is 32.3 Å². The summed E-state index contributed by atoms with van der Waals surface area (Å²) < 4.78 is 32.6. The maximum atomic E-state index is 12.6. The van der Waals surface area contributed by atoms with Crippen molar-refractivity contribution in [3.63, 3.8) is 0 Å². The summed E-state index contributed by atoms with van der Waals surface area (Å²) in [6.07, 6.45) is 3.91. The van der Waals surface area contributed by atoms with Crippen molar-refractivity contribution in [1.29, 1.82) is 0 Å². The second-order valence-electron chi connectivity index (χ2n) is 6.40. The lowest BCUT2D eigenvalue weighted by atomic mass is 10.1. The average molecular weight is 352 g/mol. The largest absolute Gasteiger partial charge is 0.376 e. The van der Waals surface area contributed by atoms with E-state index in [1.54, 1.807) is 17.0 Å². The first-order valence-corrected chi connectivity index (χ1v) is 10.0. The summed E-state index contributed by atoms with van der Waals surface area (Å²) in [5.74, 6) is -0.0906. The molecule has 6 nitrogen and oxygen atoms in total. The van der Waals surface area contributed by atoms with Crippen LogP contribution in [0.25, 0.3) is 0 Å². The number of ether oxygens (including phenoxy) is 1. The van der Waals surface area contributed by atoms with Crippen LogP contribution in [0.15, 0.2) is 29.2 Å². The minimum atomic E-state index is -3.48. The van der Waals surface area contributed by atoms with E-state index in [0.29, 0.717) is 18.7 Å². The number of sulfonamides is 1. The van der Waals surface area contributed by atoms with E-state index in [1.165, 1.54) is 12.1 Å². The summed E-state index contributed by atoms with van der Waals surface area (Å²) in [4.78, 5) is 14.6. The molecule has 0 bridgehead atoms. The zero-order valence-corrected chi connectivity index (χ0v) is 14.7. The van der Waals surface area contributed by atoms with Gasteiger partial charge in [-0.3, -0.25) is 4.79 Å². The van der Waals surface area contributed by atoms with Crippen LogP contribution >= 0.6 is 0 Å². The fourth-order valence-corrected chi connectivity index (χ4v) is 4.14. The van der Waals surface area contributed by atoms with Crippen LogP contribution in [-0.2, 0) is 14.8 Å². The number of nitrogens with zero attached hydrogens (tertiary/aromatic N) is 1. The molecule has 0 spiro atoms. The third kappa shape index (κ3) is 4.15. The Balaban J connectivity index is 1.67. The van der Waals surface area contributed by atoms with Crippen molar-refractivity contribution in [3.8, 4) is 0 Å². The zero-order valence-electron chi connectivity index (χ0n) is 13.9. The van der Waals surface area contributed by atoms with E-state index in [1.807, 2.05) is 6.92 Å². The molecule has 1 atom stereocenters. The fraction of sp³-hybridized carbons (Fsp3) is 0.588. The third-order valence-electron chi connectivity index (χ3n) is 4.43. The Morgan fingerprint density at radius 3 is 2.50 bits per heavy atom. The second kappa shape index (κ2) is 7.21. The highest BCUT2D eigenvalue weighted by Gasteiger charge is 2.28. The molecule has 1 aromatic rings. The molecule has 1 saturated heterocycles. The Labute approximate surface area is 143 Å². The van der Waals surface area contributed by atoms with Crippen LogP contribution in [0, 0.1) is 0 Å². The highest BCUT2D eigenvalue weighted by molar-refractivity contribution is 7.89. The fourth-order valence-electron chi connectivity index (χ4n) is 2.84. The lowest BCUT2D eigenvalue weighted by molar-refractivity contribution is 0.0539. The van der Waals surface area contributed by atoms with Gasteiger partial charge >= 0.3 is 0 Å². The highest BCUT2D eigenvalue weighted by Crippen LogP contribution is 2.22.